The monoisotopic (exact) mass is 644 g/mol. The van der Waals surface area contributed by atoms with Crippen LogP contribution in [0.15, 0.2) is 48.5 Å². The van der Waals surface area contributed by atoms with Gasteiger partial charge in [-0.3, -0.25) is 0 Å². The summed E-state index contributed by atoms with van der Waals surface area (Å²) in [5.41, 5.74) is -8.03. The lowest BCUT2D eigenvalue weighted by Gasteiger charge is -2.39. The summed E-state index contributed by atoms with van der Waals surface area (Å²) in [6, 6.07) is 6.77. The van der Waals surface area contributed by atoms with E-state index in [2.05, 4.69) is 13.8 Å². The van der Waals surface area contributed by atoms with Crippen molar-refractivity contribution in [3.63, 3.8) is 0 Å². The Morgan fingerprint density at radius 1 is 0.556 bits per heavy atom. The van der Waals surface area contributed by atoms with Gasteiger partial charge in [0.25, 0.3) is 0 Å². The summed E-state index contributed by atoms with van der Waals surface area (Å²) < 4.78 is 99.1. The molecule has 0 unspecified atom stereocenters. The van der Waals surface area contributed by atoms with Crippen LogP contribution in [0.2, 0.25) is 0 Å². The van der Waals surface area contributed by atoms with Crippen molar-refractivity contribution in [3.05, 3.63) is 70.8 Å². The first-order valence-electron chi connectivity index (χ1n) is 16.1. The fourth-order valence-electron chi connectivity index (χ4n) is 5.40. The molecule has 0 aliphatic rings. The maximum absolute atomic E-state index is 14.8. The zero-order valence-electron chi connectivity index (χ0n) is 26.3. The minimum atomic E-state index is -5.90. The Kier molecular flexibility index (Phi) is 15.9. The molecule has 252 valence electrons. The minimum absolute atomic E-state index is 0.0950. The molecule has 0 aliphatic carbocycles. The Morgan fingerprint density at radius 3 is 1.44 bits per heavy atom. The number of carbonyl (C=O) groups is 2. The molecule has 0 bridgehead atoms. The van der Waals surface area contributed by atoms with Gasteiger partial charge in [0.1, 0.15) is 0 Å². The molecule has 0 N–H and O–H groups in total. The van der Waals surface area contributed by atoms with Crippen LogP contribution in [0.25, 0.3) is 0 Å². The molecule has 2 aromatic carbocycles. The number of halogens is 6. The third-order valence-electron chi connectivity index (χ3n) is 7.92. The number of rotatable bonds is 20. The molecule has 0 spiro atoms. The summed E-state index contributed by atoms with van der Waals surface area (Å²) in [5.74, 6) is -2.11. The van der Waals surface area contributed by atoms with Gasteiger partial charge in [0.05, 0.1) is 24.3 Å². The third kappa shape index (κ3) is 10.8. The summed E-state index contributed by atoms with van der Waals surface area (Å²) in [4.78, 5) is 25.4. The lowest BCUT2D eigenvalue weighted by molar-refractivity contribution is -0.288. The number of hydrogen-bond acceptors (Lipinski definition) is 4. The smallest absolute Gasteiger partial charge is 0.411 e. The molecule has 0 saturated heterocycles. The topological polar surface area (TPSA) is 52.6 Å². The summed E-state index contributed by atoms with van der Waals surface area (Å²) >= 11 is 0. The van der Waals surface area contributed by atoms with Crippen molar-refractivity contribution in [1.29, 1.82) is 0 Å². The van der Waals surface area contributed by atoms with E-state index in [4.69, 9.17) is 9.47 Å². The second-order valence-electron chi connectivity index (χ2n) is 11.4. The molecule has 10 heteroatoms. The van der Waals surface area contributed by atoms with Crippen molar-refractivity contribution in [2.24, 2.45) is 0 Å². The lowest BCUT2D eigenvalue weighted by atomic mass is 9.71. The highest BCUT2D eigenvalue weighted by atomic mass is 19.4. The van der Waals surface area contributed by atoms with E-state index in [1.807, 2.05) is 0 Å². The van der Waals surface area contributed by atoms with Crippen LogP contribution in [0, 0.1) is 0 Å². The zero-order valence-corrected chi connectivity index (χ0v) is 26.3. The van der Waals surface area contributed by atoms with Crippen LogP contribution < -0.4 is 0 Å². The van der Waals surface area contributed by atoms with Crippen LogP contribution in [0.3, 0.4) is 0 Å². The van der Waals surface area contributed by atoms with Crippen molar-refractivity contribution in [2.45, 2.75) is 122 Å². The molecule has 0 aromatic heterocycles. The Hall–Kier alpha value is -3.04. The number of benzene rings is 2. The van der Waals surface area contributed by atoms with Crippen LogP contribution in [0.4, 0.5) is 26.3 Å². The molecular weight excluding hydrogens is 598 g/mol. The molecule has 45 heavy (non-hydrogen) atoms. The normalized spacial score (nSPS) is 12.3. The van der Waals surface area contributed by atoms with E-state index >= 15 is 0 Å². The van der Waals surface area contributed by atoms with Gasteiger partial charge in [-0.05, 0) is 42.2 Å². The van der Waals surface area contributed by atoms with Crippen molar-refractivity contribution in [1.82, 2.24) is 0 Å². The van der Waals surface area contributed by atoms with Gasteiger partial charge in [-0.15, -0.1) is 0 Å². The number of unbranched alkanes of at least 4 members (excludes halogenated alkanes) is 12. The molecule has 0 atom stereocenters. The second kappa shape index (κ2) is 18.8. The van der Waals surface area contributed by atoms with E-state index in [0.717, 1.165) is 101 Å². The SMILES string of the molecule is CCCCCCCCCOC(=O)c1ccc(C(c2ccccc2C(=O)OCCCCCCCCC)(C(F)(F)F)C(F)(F)F)cc1. The van der Waals surface area contributed by atoms with Gasteiger partial charge < -0.3 is 9.47 Å². The van der Waals surface area contributed by atoms with Gasteiger partial charge in [0.2, 0.25) is 5.41 Å². The molecule has 0 saturated carbocycles. The average molecular weight is 645 g/mol. The first kappa shape index (κ1) is 38.1. The van der Waals surface area contributed by atoms with Crippen molar-refractivity contribution >= 4 is 11.9 Å². The van der Waals surface area contributed by atoms with E-state index in [-0.39, 0.29) is 18.8 Å². The van der Waals surface area contributed by atoms with Gasteiger partial charge in [0.15, 0.2) is 0 Å². The van der Waals surface area contributed by atoms with Crippen molar-refractivity contribution < 1.29 is 45.4 Å². The number of carbonyl (C=O) groups excluding carboxylic acids is 2. The molecule has 2 aromatic rings. The molecule has 4 nitrogen and oxygen atoms in total. The number of hydrogen-bond donors (Lipinski definition) is 0. The largest absolute Gasteiger partial charge is 0.462 e. The first-order valence-corrected chi connectivity index (χ1v) is 16.1. The predicted molar refractivity (Wildman–Crippen MR) is 162 cm³/mol. The molecule has 0 heterocycles. The van der Waals surface area contributed by atoms with Crippen LogP contribution in [-0.4, -0.2) is 37.5 Å². The van der Waals surface area contributed by atoms with E-state index in [0.29, 0.717) is 31.0 Å². The van der Waals surface area contributed by atoms with Gasteiger partial charge in [0, 0.05) is 0 Å². The maximum Gasteiger partial charge on any atom is 0.411 e. The Balaban J connectivity index is 2.25. The third-order valence-corrected chi connectivity index (χ3v) is 7.92. The fourth-order valence-corrected chi connectivity index (χ4v) is 5.40. The predicted octanol–water partition coefficient (Wildman–Crippen LogP) is 10.9. The second-order valence-corrected chi connectivity index (χ2v) is 11.4. The summed E-state index contributed by atoms with van der Waals surface area (Å²) in [5, 5.41) is 0. The fraction of sp³-hybridized carbons (Fsp3) is 0.600. The first-order chi connectivity index (χ1) is 21.4. The number of ether oxygens (including phenoxy) is 2. The van der Waals surface area contributed by atoms with E-state index in [1.165, 1.54) is 6.07 Å². The molecule has 0 radical (unpaired) electrons. The highest BCUT2D eigenvalue weighted by Crippen LogP contribution is 2.57. The van der Waals surface area contributed by atoms with Crippen LogP contribution in [0.1, 0.15) is 136 Å². The molecular formula is C35H46F6O4. The zero-order chi connectivity index (χ0) is 33.3. The van der Waals surface area contributed by atoms with Gasteiger partial charge in [-0.2, -0.15) is 26.3 Å². The molecule has 0 amide bonds. The summed E-state index contributed by atoms with van der Waals surface area (Å²) in [6.45, 7) is 4.18. The molecule has 0 aliphatic heterocycles. The van der Waals surface area contributed by atoms with Crippen LogP contribution >= 0.6 is 0 Å². The van der Waals surface area contributed by atoms with Gasteiger partial charge in [-0.1, -0.05) is 121 Å². The number of alkyl halides is 6. The maximum atomic E-state index is 14.8. The Bertz CT molecular complexity index is 1140. The lowest BCUT2D eigenvalue weighted by Crippen LogP contribution is -2.55. The standard InChI is InChI=1S/C35H46F6O4/c1-3-5-7-9-11-13-17-25-44-31(42)27-21-23-28(24-22-27)33(34(36,37)38,35(39,40)41)30-20-16-15-19-29(30)32(43)45-26-18-14-12-10-8-6-4-2/h15-16,19-24H,3-14,17-18,25-26H2,1-2H3. The Morgan fingerprint density at radius 2 is 0.978 bits per heavy atom. The van der Waals surface area contributed by atoms with Crippen LogP contribution in [0.5, 0.6) is 0 Å². The highest BCUT2D eigenvalue weighted by Gasteiger charge is 2.73. The van der Waals surface area contributed by atoms with E-state index in [1.54, 1.807) is 0 Å². The molecule has 2 rings (SSSR count). The average Bonchev–Trinajstić information content (AvgIpc) is 2.99. The van der Waals surface area contributed by atoms with Gasteiger partial charge >= 0.3 is 24.3 Å². The summed E-state index contributed by atoms with van der Waals surface area (Å²) in [7, 11) is 0. The van der Waals surface area contributed by atoms with Crippen LogP contribution in [-0.2, 0) is 14.9 Å². The quantitative estimate of drug-likeness (QED) is 0.0818. The summed E-state index contributed by atoms with van der Waals surface area (Å²) in [6.07, 6.45) is 1.44. The van der Waals surface area contributed by atoms with E-state index < -0.39 is 46.4 Å². The van der Waals surface area contributed by atoms with Crippen molar-refractivity contribution in [3.8, 4) is 0 Å². The van der Waals surface area contributed by atoms with Gasteiger partial charge in [-0.25, -0.2) is 9.59 Å². The Labute approximate surface area is 262 Å². The van der Waals surface area contributed by atoms with Crippen molar-refractivity contribution in [2.75, 3.05) is 13.2 Å². The van der Waals surface area contributed by atoms with E-state index in [9.17, 15) is 35.9 Å². The molecule has 0 fully saturated rings. The number of esters is 2. The minimum Gasteiger partial charge on any atom is -0.462 e. The highest BCUT2D eigenvalue weighted by molar-refractivity contribution is 5.92.